The molecule has 0 aliphatic heterocycles. The van der Waals surface area contributed by atoms with E-state index < -0.39 is 6.07 Å². The number of rotatable bonds is 3. The topological polar surface area (TPSA) is 52.3 Å². The van der Waals surface area contributed by atoms with E-state index in [1.54, 1.807) is 24.3 Å². The van der Waals surface area contributed by atoms with Crippen LogP contribution in [0.25, 0.3) is 0 Å². The summed E-state index contributed by atoms with van der Waals surface area (Å²) >= 11 is 10.4. The van der Waals surface area contributed by atoms with Crippen molar-refractivity contribution < 1.29 is 9.09 Å². The van der Waals surface area contributed by atoms with E-state index in [1.807, 2.05) is 0 Å². The standard InChI is InChI=1S/C7H8Cl2NO2P/c8-13(9,11)12-7-3-1-6(5-10)2-4-7/h1-4H,5,10H2. The monoisotopic (exact) mass is 239 g/mol. The maximum absolute atomic E-state index is 10.8. The van der Waals surface area contributed by atoms with Gasteiger partial charge in [-0.05, 0) is 17.7 Å². The quantitative estimate of drug-likeness (QED) is 0.825. The smallest absolute Gasteiger partial charge is 0.422 e. The van der Waals surface area contributed by atoms with Gasteiger partial charge in [-0.15, -0.1) is 0 Å². The Kier molecular flexibility index (Phi) is 3.63. The Morgan fingerprint density at radius 2 is 1.85 bits per heavy atom. The Hall–Kier alpha value is -0.210. The Balaban J connectivity index is 2.76. The van der Waals surface area contributed by atoms with Gasteiger partial charge in [-0.25, -0.2) is 4.57 Å². The van der Waals surface area contributed by atoms with E-state index >= 15 is 0 Å². The van der Waals surface area contributed by atoms with Crippen molar-refractivity contribution in [2.24, 2.45) is 5.73 Å². The molecule has 0 aromatic heterocycles. The van der Waals surface area contributed by atoms with Crippen LogP contribution in [0.1, 0.15) is 5.56 Å². The third-order valence-corrected chi connectivity index (χ3v) is 2.21. The first-order chi connectivity index (χ1) is 6.01. The van der Waals surface area contributed by atoms with Gasteiger partial charge in [-0.3, -0.25) is 0 Å². The predicted molar refractivity (Wildman–Crippen MR) is 54.3 cm³/mol. The first-order valence-corrected chi connectivity index (χ1v) is 6.93. The summed E-state index contributed by atoms with van der Waals surface area (Å²) in [6.45, 7) is 0.444. The maximum atomic E-state index is 10.8. The van der Waals surface area contributed by atoms with Gasteiger partial charge in [0.2, 0.25) is 0 Å². The van der Waals surface area contributed by atoms with E-state index in [0.717, 1.165) is 5.56 Å². The molecule has 1 aromatic carbocycles. The number of nitrogens with two attached hydrogens (primary N) is 1. The molecule has 0 amide bonds. The summed E-state index contributed by atoms with van der Waals surface area (Å²) in [6, 6.07) is 6.72. The Morgan fingerprint density at radius 3 is 2.23 bits per heavy atom. The zero-order valence-electron chi connectivity index (χ0n) is 6.61. The minimum atomic E-state index is -3.50. The van der Waals surface area contributed by atoms with Gasteiger partial charge >= 0.3 is 6.07 Å². The van der Waals surface area contributed by atoms with Gasteiger partial charge in [-0.1, -0.05) is 12.1 Å². The number of benzene rings is 1. The van der Waals surface area contributed by atoms with Crippen molar-refractivity contribution in [2.75, 3.05) is 0 Å². The average Bonchev–Trinajstić information content (AvgIpc) is 2.03. The first-order valence-electron chi connectivity index (χ1n) is 3.49. The van der Waals surface area contributed by atoms with Crippen LogP contribution in [0.4, 0.5) is 0 Å². The van der Waals surface area contributed by atoms with Crippen LogP contribution in [0, 0.1) is 0 Å². The molecule has 0 bridgehead atoms. The van der Waals surface area contributed by atoms with E-state index in [-0.39, 0.29) is 0 Å². The second-order valence-electron chi connectivity index (χ2n) is 2.35. The Morgan fingerprint density at radius 1 is 1.31 bits per heavy atom. The molecule has 0 saturated heterocycles. The minimum absolute atomic E-state index is 0.366. The van der Waals surface area contributed by atoms with Crippen molar-refractivity contribution in [2.45, 2.75) is 6.54 Å². The molecule has 2 N–H and O–H groups in total. The van der Waals surface area contributed by atoms with Crippen LogP contribution < -0.4 is 10.3 Å². The highest BCUT2D eigenvalue weighted by Gasteiger charge is 2.15. The summed E-state index contributed by atoms with van der Waals surface area (Å²) in [5.41, 5.74) is 6.33. The number of halogens is 2. The summed E-state index contributed by atoms with van der Waals surface area (Å²) in [7, 11) is 0. The van der Waals surface area contributed by atoms with Crippen LogP contribution in [-0.2, 0) is 11.1 Å². The highest BCUT2D eigenvalue weighted by Crippen LogP contribution is 2.57. The molecule has 0 unspecified atom stereocenters. The highest BCUT2D eigenvalue weighted by molar-refractivity contribution is 8.05. The van der Waals surface area contributed by atoms with Gasteiger partial charge in [-0.2, -0.15) is 0 Å². The van der Waals surface area contributed by atoms with Gasteiger partial charge in [0, 0.05) is 29.0 Å². The predicted octanol–water partition coefficient (Wildman–Crippen LogP) is 3.11. The van der Waals surface area contributed by atoms with Crippen LogP contribution in [0.15, 0.2) is 24.3 Å². The molecule has 0 spiro atoms. The fraction of sp³-hybridized carbons (Fsp3) is 0.143. The van der Waals surface area contributed by atoms with E-state index in [9.17, 15) is 4.57 Å². The maximum Gasteiger partial charge on any atom is 0.428 e. The molecule has 1 rings (SSSR count). The SMILES string of the molecule is NCc1ccc(OP(=O)(Cl)Cl)cc1. The van der Waals surface area contributed by atoms with Gasteiger partial charge in [0.25, 0.3) is 0 Å². The molecule has 0 radical (unpaired) electrons. The summed E-state index contributed by atoms with van der Waals surface area (Å²) < 4.78 is 15.6. The molecule has 0 fully saturated rings. The molecular formula is C7H8Cl2NO2P. The summed E-state index contributed by atoms with van der Waals surface area (Å²) in [6.07, 6.45) is -3.50. The van der Waals surface area contributed by atoms with Crippen LogP contribution >= 0.6 is 28.6 Å². The van der Waals surface area contributed by atoms with Gasteiger partial charge < -0.3 is 10.3 Å². The van der Waals surface area contributed by atoms with Crippen molar-refractivity contribution in [3.05, 3.63) is 29.8 Å². The second kappa shape index (κ2) is 4.34. The average molecular weight is 240 g/mol. The zero-order valence-corrected chi connectivity index (χ0v) is 9.02. The third-order valence-electron chi connectivity index (χ3n) is 1.37. The van der Waals surface area contributed by atoms with Crippen LogP contribution in [-0.4, -0.2) is 0 Å². The highest BCUT2D eigenvalue weighted by atomic mass is 35.9. The van der Waals surface area contributed by atoms with Crippen molar-refractivity contribution in [3.63, 3.8) is 0 Å². The van der Waals surface area contributed by atoms with E-state index in [2.05, 4.69) is 0 Å². The summed E-state index contributed by atoms with van der Waals surface area (Å²) in [5, 5.41) is 0. The van der Waals surface area contributed by atoms with Crippen LogP contribution in [0.2, 0.25) is 0 Å². The Bertz CT molecular complexity index is 322. The van der Waals surface area contributed by atoms with Gasteiger partial charge in [0.15, 0.2) is 0 Å². The van der Waals surface area contributed by atoms with Crippen molar-refractivity contribution in [3.8, 4) is 5.75 Å². The summed E-state index contributed by atoms with van der Waals surface area (Å²) in [4.78, 5) is 0. The van der Waals surface area contributed by atoms with Crippen molar-refractivity contribution in [1.29, 1.82) is 0 Å². The normalized spacial score (nSPS) is 11.3. The molecule has 72 valence electrons. The molecule has 6 heteroatoms. The van der Waals surface area contributed by atoms with Crippen molar-refractivity contribution >= 4 is 28.6 Å². The molecule has 0 aliphatic carbocycles. The van der Waals surface area contributed by atoms with Crippen LogP contribution in [0.5, 0.6) is 5.75 Å². The van der Waals surface area contributed by atoms with Gasteiger partial charge in [0.05, 0.1) is 0 Å². The van der Waals surface area contributed by atoms with Gasteiger partial charge in [0.1, 0.15) is 5.75 Å². The van der Waals surface area contributed by atoms with Crippen LogP contribution in [0.3, 0.4) is 0 Å². The van der Waals surface area contributed by atoms with E-state index in [0.29, 0.717) is 12.3 Å². The molecule has 0 heterocycles. The fourth-order valence-corrected chi connectivity index (χ4v) is 1.65. The lowest BCUT2D eigenvalue weighted by molar-refractivity contribution is 0.513. The first kappa shape index (κ1) is 10.9. The summed E-state index contributed by atoms with van der Waals surface area (Å²) in [5.74, 6) is 0.366. The molecule has 0 saturated carbocycles. The molecule has 1 aromatic rings. The lowest BCUT2D eigenvalue weighted by atomic mass is 10.2. The zero-order chi connectivity index (χ0) is 9.90. The second-order valence-corrected chi connectivity index (χ2v) is 6.55. The molecule has 0 atom stereocenters. The minimum Gasteiger partial charge on any atom is -0.422 e. The number of hydrogen-bond donors (Lipinski definition) is 1. The molecule has 0 aliphatic rings. The lowest BCUT2D eigenvalue weighted by Crippen LogP contribution is -1.95. The molecular weight excluding hydrogens is 232 g/mol. The van der Waals surface area contributed by atoms with E-state index in [1.165, 1.54) is 0 Å². The Labute approximate surface area is 85.8 Å². The third kappa shape index (κ3) is 4.01. The van der Waals surface area contributed by atoms with E-state index in [4.69, 9.17) is 32.7 Å². The molecule has 3 nitrogen and oxygen atoms in total. The largest absolute Gasteiger partial charge is 0.428 e. The van der Waals surface area contributed by atoms with Crippen molar-refractivity contribution in [1.82, 2.24) is 0 Å². The number of hydrogen-bond acceptors (Lipinski definition) is 3. The molecule has 13 heavy (non-hydrogen) atoms. The fourth-order valence-electron chi connectivity index (χ4n) is 0.809. The lowest BCUT2D eigenvalue weighted by Gasteiger charge is -2.05.